The van der Waals surface area contributed by atoms with Crippen LogP contribution in [0.15, 0.2) is 0 Å². The lowest BCUT2D eigenvalue weighted by atomic mass is 9.98. The van der Waals surface area contributed by atoms with Gasteiger partial charge in [-0.2, -0.15) is 0 Å². The maximum atomic E-state index is 11.5. The third-order valence-corrected chi connectivity index (χ3v) is 4.12. The molecule has 0 spiro atoms. The Morgan fingerprint density at radius 2 is 1.90 bits per heavy atom. The molecule has 0 heterocycles. The predicted octanol–water partition coefficient (Wildman–Crippen LogP) is 3.85. The molecule has 1 aliphatic carbocycles. The average Bonchev–Trinajstić information content (AvgIpc) is 2.61. The van der Waals surface area contributed by atoms with Crippen LogP contribution in [0.25, 0.3) is 0 Å². The Balaban J connectivity index is 2.05. The molecule has 1 fully saturated rings. The molecule has 0 aromatic rings. The molecule has 2 unspecified atom stereocenters. The minimum Gasteiger partial charge on any atom is -0.444 e. The van der Waals surface area contributed by atoms with Crippen LogP contribution in [-0.4, -0.2) is 30.8 Å². The lowest BCUT2D eigenvalue weighted by molar-refractivity contribution is 0.0527. The van der Waals surface area contributed by atoms with Crippen LogP contribution < -0.4 is 10.6 Å². The molecule has 1 amide bonds. The van der Waals surface area contributed by atoms with Crippen LogP contribution in [0.1, 0.15) is 72.6 Å². The number of ether oxygens (including phenoxy) is 1. The van der Waals surface area contributed by atoms with Crippen molar-refractivity contribution in [3.63, 3.8) is 0 Å². The summed E-state index contributed by atoms with van der Waals surface area (Å²) in [6.45, 7) is 9.58. The minimum atomic E-state index is -0.418. The Morgan fingerprint density at radius 3 is 2.57 bits per heavy atom. The molecule has 0 bridgehead atoms. The van der Waals surface area contributed by atoms with Crippen molar-refractivity contribution in [2.45, 2.75) is 84.3 Å². The summed E-state index contributed by atoms with van der Waals surface area (Å²) in [6.07, 6.45) is 8.68. The third-order valence-electron chi connectivity index (χ3n) is 4.12. The van der Waals surface area contributed by atoms with E-state index in [1.165, 1.54) is 38.5 Å². The van der Waals surface area contributed by atoms with Gasteiger partial charge in [0.05, 0.1) is 0 Å². The van der Waals surface area contributed by atoms with Gasteiger partial charge in [-0.1, -0.05) is 26.2 Å². The lowest BCUT2D eigenvalue weighted by Crippen LogP contribution is -2.35. The highest BCUT2D eigenvalue weighted by Crippen LogP contribution is 2.25. The molecule has 0 aliphatic heterocycles. The van der Waals surface area contributed by atoms with E-state index in [1.807, 2.05) is 20.8 Å². The number of alkyl carbamates (subject to hydrolysis) is 1. The summed E-state index contributed by atoms with van der Waals surface area (Å²) >= 11 is 0. The Morgan fingerprint density at radius 1 is 1.14 bits per heavy atom. The Hall–Kier alpha value is -0.770. The largest absolute Gasteiger partial charge is 0.444 e. The molecule has 1 aliphatic rings. The van der Waals surface area contributed by atoms with E-state index in [9.17, 15) is 4.79 Å². The topological polar surface area (TPSA) is 50.4 Å². The van der Waals surface area contributed by atoms with Gasteiger partial charge in [0.15, 0.2) is 0 Å². The van der Waals surface area contributed by atoms with Crippen LogP contribution in [0.2, 0.25) is 0 Å². The van der Waals surface area contributed by atoms with E-state index in [0.29, 0.717) is 12.6 Å². The molecule has 2 N–H and O–H groups in total. The summed E-state index contributed by atoms with van der Waals surface area (Å²) in [7, 11) is 0. The normalized spacial score (nSPS) is 23.4. The smallest absolute Gasteiger partial charge is 0.407 e. The van der Waals surface area contributed by atoms with E-state index >= 15 is 0 Å². The van der Waals surface area contributed by atoms with Crippen molar-refractivity contribution in [2.75, 3.05) is 13.1 Å². The second-order valence-electron chi connectivity index (χ2n) is 7.22. The molecule has 1 saturated carbocycles. The monoisotopic (exact) mass is 298 g/mol. The van der Waals surface area contributed by atoms with E-state index in [0.717, 1.165) is 18.9 Å². The number of carbonyl (C=O) groups excluding carboxylic acids is 1. The SMILES string of the molecule is CCC1CCCC(NCCCNC(=O)OC(C)(C)C)CC1. The Labute approximate surface area is 130 Å². The van der Waals surface area contributed by atoms with Crippen molar-refractivity contribution >= 4 is 6.09 Å². The molecule has 0 radical (unpaired) electrons. The van der Waals surface area contributed by atoms with Gasteiger partial charge in [-0.3, -0.25) is 0 Å². The summed E-state index contributed by atoms with van der Waals surface area (Å²) in [6, 6.07) is 0.670. The van der Waals surface area contributed by atoms with Gasteiger partial charge in [-0.15, -0.1) is 0 Å². The molecule has 0 aromatic carbocycles. The van der Waals surface area contributed by atoms with E-state index in [1.54, 1.807) is 0 Å². The molecule has 124 valence electrons. The Kier molecular flexibility index (Phi) is 8.09. The van der Waals surface area contributed by atoms with E-state index < -0.39 is 5.60 Å². The fourth-order valence-corrected chi connectivity index (χ4v) is 2.89. The highest BCUT2D eigenvalue weighted by molar-refractivity contribution is 5.67. The molecule has 2 atom stereocenters. The van der Waals surface area contributed by atoms with Crippen molar-refractivity contribution < 1.29 is 9.53 Å². The zero-order valence-electron chi connectivity index (χ0n) is 14.3. The number of hydrogen-bond acceptors (Lipinski definition) is 3. The van der Waals surface area contributed by atoms with Crippen LogP contribution in [0.4, 0.5) is 4.79 Å². The molecule has 1 rings (SSSR count). The predicted molar refractivity (Wildman–Crippen MR) is 87.5 cm³/mol. The first-order valence-electron chi connectivity index (χ1n) is 8.61. The van der Waals surface area contributed by atoms with Gasteiger partial charge < -0.3 is 15.4 Å². The van der Waals surface area contributed by atoms with E-state index in [-0.39, 0.29) is 6.09 Å². The van der Waals surface area contributed by atoms with Crippen LogP contribution in [-0.2, 0) is 4.74 Å². The lowest BCUT2D eigenvalue weighted by Gasteiger charge is -2.20. The average molecular weight is 298 g/mol. The maximum Gasteiger partial charge on any atom is 0.407 e. The summed E-state index contributed by atoms with van der Waals surface area (Å²) < 4.78 is 5.20. The molecule has 0 saturated heterocycles. The van der Waals surface area contributed by atoms with Crippen molar-refractivity contribution in [3.05, 3.63) is 0 Å². The number of rotatable bonds is 6. The quantitative estimate of drug-likeness (QED) is 0.578. The first kappa shape index (κ1) is 18.3. The van der Waals surface area contributed by atoms with Gasteiger partial charge in [0, 0.05) is 12.6 Å². The van der Waals surface area contributed by atoms with Crippen molar-refractivity contribution in [3.8, 4) is 0 Å². The first-order chi connectivity index (χ1) is 9.90. The first-order valence-corrected chi connectivity index (χ1v) is 8.61. The van der Waals surface area contributed by atoms with Gasteiger partial charge in [0.25, 0.3) is 0 Å². The standard InChI is InChI=1S/C17H34N2O2/c1-5-14-8-6-9-15(11-10-14)18-12-7-13-19-16(20)21-17(2,3)4/h14-15,18H,5-13H2,1-4H3,(H,19,20). The van der Waals surface area contributed by atoms with Gasteiger partial charge in [0.1, 0.15) is 5.60 Å². The summed E-state index contributed by atoms with van der Waals surface area (Å²) in [5, 5.41) is 6.44. The minimum absolute atomic E-state index is 0.317. The zero-order valence-corrected chi connectivity index (χ0v) is 14.3. The molecule has 0 aromatic heterocycles. The third kappa shape index (κ3) is 8.97. The number of nitrogens with one attached hydrogen (secondary N) is 2. The molecular weight excluding hydrogens is 264 g/mol. The van der Waals surface area contributed by atoms with Crippen molar-refractivity contribution in [1.29, 1.82) is 0 Å². The number of amides is 1. The van der Waals surface area contributed by atoms with E-state index in [2.05, 4.69) is 17.6 Å². The number of hydrogen-bond donors (Lipinski definition) is 2. The molecule has 21 heavy (non-hydrogen) atoms. The molecule has 4 heteroatoms. The van der Waals surface area contributed by atoms with Gasteiger partial charge in [-0.25, -0.2) is 4.79 Å². The highest BCUT2D eigenvalue weighted by atomic mass is 16.6. The van der Waals surface area contributed by atoms with Gasteiger partial charge in [-0.05, 0) is 58.9 Å². The maximum absolute atomic E-state index is 11.5. The molecule has 4 nitrogen and oxygen atoms in total. The van der Waals surface area contributed by atoms with Crippen LogP contribution in [0.5, 0.6) is 0 Å². The Bertz CT molecular complexity index is 300. The fraction of sp³-hybridized carbons (Fsp3) is 0.941. The second kappa shape index (κ2) is 9.29. The summed E-state index contributed by atoms with van der Waals surface area (Å²) in [5.74, 6) is 0.936. The van der Waals surface area contributed by atoms with Crippen LogP contribution in [0.3, 0.4) is 0 Å². The zero-order chi connectivity index (χ0) is 15.7. The van der Waals surface area contributed by atoms with Crippen LogP contribution >= 0.6 is 0 Å². The summed E-state index contributed by atoms with van der Waals surface area (Å²) in [5.41, 5.74) is -0.418. The number of carbonyl (C=O) groups is 1. The van der Waals surface area contributed by atoms with Crippen molar-refractivity contribution in [2.24, 2.45) is 5.92 Å². The van der Waals surface area contributed by atoms with Crippen LogP contribution in [0, 0.1) is 5.92 Å². The highest BCUT2D eigenvalue weighted by Gasteiger charge is 2.17. The van der Waals surface area contributed by atoms with E-state index in [4.69, 9.17) is 4.74 Å². The fourth-order valence-electron chi connectivity index (χ4n) is 2.89. The van der Waals surface area contributed by atoms with Gasteiger partial charge >= 0.3 is 6.09 Å². The van der Waals surface area contributed by atoms with Crippen molar-refractivity contribution in [1.82, 2.24) is 10.6 Å². The summed E-state index contributed by atoms with van der Waals surface area (Å²) in [4.78, 5) is 11.5. The van der Waals surface area contributed by atoms with Gasteiger partial charge in [0.2, 0.25) is 0 Å². The molecular formula is C17H34N2O2. The second-order valence-corrected chi connectivity index (χ2v) is 7.22.